The molecule has 0 bridgehead atoms. The van der Waals surface area contributed by atoms with Gasteiger partial charge < -0.3 is 0 Å². The molecule has 5 nitrogen and oxygen atoms in total. The third-order valence-electron chi connectivity index (χ3n) is 1.74. The molecule has 0 aromatic carbocycles. The van der Waals surface area contributed by atoms with E-state index in [0.717, 1.165) is 5.56 Å². The maximum atomic E-state index is 4.09. The zero-order valence-electron chi connectivity index (χ0n) is 6.97. The van der Waals surface area contributed by atoms with Crippen LogP contribution in [0.25, 0.3) is 5.78 Å². The molecule has 0 aliphatic carbocycles. The van der Waals surface area contributed by atoms with Gasteiger partial charge in [0.1, 0.15) is 0 Å². The smallest absolute Gasteiger partial charge is 0.218 e. The Morgan fingerprint density at radius 1 is 1.42 bits per heavy atom. The van der Waals surface area contributed by atoms with Crippen LogP contribution in [-0.4, -0.2) is 25.0 Å². The van der Waals surface area contributed by atoms with Gasteiger partial charge in [0.25, 0.3) is 5.78 Å². The molecule has 0 N–H and O–H groups in total. The molecule has 2 heterocycles. The summed E-state index contributed by atoms with van der Waals surface area (Å²) in [6.07, 6.45) is 3.70. The van der Waals surface area contributed by atoms with Crippen LogP contribution in [0.3, 0.4) is 0 Å². The summed E-state index contributed by atoms with van der Waals surface area (Å²) in [5.41, 5.74) is 1.13. The van der Waals surface area contributed by atoms with E-state index in [-0.39, 0.29) is 0 Å². The van der Waals surface area contributed by atoms with Crippen LogP contribution in [-0.2, 0) is 0 Å². The van der Waals surface area contributed by atoms with Crippen LogP contribution in [0.1, 0.15) is 25.3 Å². The molecular weight excluding hydrogens is 154 g/mol. The lowest BCUT2D eigenvalue weighted by Crippen LogP contribution is -1.96. The average Bonchev–Trinajstić information content (AvgIpc) is 2.49. The molecule has 62 valence electrons. The standard InChI is InChI=1S/C7H9N5/c1-5(2)6-3-8-7-9-10-11-12(7)4-6/h3-5H,1-2H3. The predicted molar refractivity (Wildman–Crippen MR) is 42.7 cm³/mol. The van der Waals surface area contributed by atoms with Crippen LogP contribution in [0.5, 0.6) is 0 Å². The number of fused-ring (bicyclic) bond motifs is 1. The van der Waals surface area contributed by atoms with Gasteiger partial charge in [0.15, 0.2) is 0 Å². The second-order valence-electron chi connectivity index (χ2n) is 2.97. The first-order chi connectivity index (χ1) is 5.77. The van der Waals surface area contributed by atoms with E-state index in [2.05, 4.69) is 34.4 Å². The first-order valence-corrected chi connectivity index (χ1v) is 3.81. The highest BCUT2D eigenvalue weighted by atomic mass is 15.5. The zero-order chi connectivity index (χ0) is 8.55. The molecule has 12 heavy (non-hydrogen) atoms. The molecule has 0 aliphatic heterocycles. The van der Waals surface area contributed by atoms with Crippen molar-refractivity contribution in [2.24, 2.45) is 0 Å². The van der Waals surface area contributed by atoms with E-state index in [1.807, 2.05) is 6.20 Å². The van der Waals surface area contributed by atoms with E-state index in [0.29, 0.717) is 11.7 Å². The Hall–Kier alpha value is -1.52. The number of rotatable bonds is 1. The van der Waals surface area contributed by atoms with Crippen molar-refractivity contribution in [1.29, 1.82) is 0 Å². The van der Waals surface area contributed by atoms with Crippen molar-refractivity contribution in [3.63, 3.8) is 0 Å². The van der Waals surface area contributed by atoms with Crippen LogP contribution >= 0.6 is 0 Å². The molecule has 0 radical (unpaired) electrons. The number of hydrogen-bond donors (Lipinski definition) is 0. The van der Waals surface area contributed by atoms with Crippen LogP contribution < -0.4 is 0 Å². The molecule has 0 fully saturated rings. The van der Waals surface area contributed by atoms with Crippen molar-refractivity contribution >= 4 is 5.78 Å². The van der Waals surface area contributed by atoms with Gasteiger partial charge >= 0.3 is 0 Å². The average molecular weight is 163 g/mol. The summed E-state index contributed by atoms with van der Waals surface area (Å²) >= 11 is 0. The number of hydrogen-bond acceptors (Lipinski definition) is 4. The Morgan fingerprint density at radius 2 is 2.25 bits per heavy atom. The Kier molecular flexibility index (Phi) is 1.49. The molecule has 0 unspecified atom stereocenters. The Balaban J connectivity index is 2.60. The lowest BCUT2D eigenvalue weighted by Gasteiger charge is -2.02. The lowest BCUT2D eigenvalue weighted by molar-refractivity contribution is 0.787. The highest BCUT2D eigenvalue weighted by Crippen LogP contribution is 2.11. The van der Waals surface area contributed by atoms with Crippen molar-refractivity contribution in [1.82, 2.24) is 25.0 Å². The van der Waals surface area contributed by atoms with E-state index < -0.39 is 0 Å². The van der Waals surface area contributed by atoms with Crippen LogP contribution in [0, 0.1) is 0 Å². The second kappa shape index (κ2) is 2.51. The van der Waals surface area contributed by atoms with Crippen molar-refractivity contribution in [3.8, 4) is 0 Å². The molecule has 0 spiro atoms. The maximum Gasteiger partial charge on any atom is 0.273 e. The summed E-state index contributed by atoms with van der Waals surface area (Å²) in [6.45, 7) is 4.21. The first-order valence-electron chi connectivity index (χ1n) is 3.81. The van der Waals surface area contributed by atoms with E-state index in [4.69, 9.17) is 0 Å². The van der Waals surface area contributed by atoms with Crippen LogP contribution in [0.2, 0.25) is 0 Å². The molecule has 0 aliphatic rings. The van der Waals surface area contributed by atoms with E-state index in [1.54, 1.807) is 10.7 Å². The van der Waals surface area contributed by atoms with Gasteiger partial charge in [-0.3, -0.25) is 0 Å². The van der Waals surface area contributed by atoms with Gasteiger partial charge in [0.05, 0.1) is 0 Å². The summed E-state index contributed by atoms with van der Waals surface area (Å²) < 4.78 is 1.58. The number of tetrazole rings is 1. The minimum Gasteiger partial charge on any atom is -0.218 e. The monoisotopic (exact) mass is 163 g/mol. The Morgan fingerprint density at radius 3 is 3.00 bits per heavy atom. The van der Waals surface area contributed by atoms with Gasteiger partial charge in [-0.05, 0) is 21.9 Å². The van der Waals surface area contributed by atoms with Gasteiger partial charge in [-0.25, -0.2) is 4.98 Å². The van der Waals surface area contributed by atoms with Gasteiger partial charge in [-0.15, -0.1) is 0 Å². The molecule has 2 aromatic heterocycles. The zero-order valence-corrected chi connectivity index (χ0v) is 6.97. The fourth-order valence-electron chi connectivity index (χ4n) is 0.962. The molecule has 0 atom stereocenters. The van der Waals surface area contributed by atoms with Gasteiger partial charge in [-0.1, -0.05) is 18.9 Å². The summed E-state index contributed by atoms with van der Waals surface area (Å²) in [5, 5.41) is 11.0. The first kappa shape index (κ1) is 7.15. The van der Waals surface area contributed by atoms with Crippen molar-refractivity contribution in [2.75, 3.05) is 0 Å². The normalized spacial score (nSPS) is 11.2. The highest BCUT2D eigenvalue weighted by Gasteiger charge is 2.02. The van der Waals surface area contributed by atoms with E-state index in [1.165, 1.54) is 0 Å². The Bertz CT molecular complexity index is 391. The van der Waals surface area contributed by atoms with Gasteiger partial charge in [0.2, 0.25) is 0 Å². The molecule has 0 amide bonds. The van der Waals surface area contributed by atoms with Crippen molar-refractivity contribution < 1.29 is 0 Å². The summed E-state index contributed by atoms with van der Waals surface area (Å²) in [4.78, 5) is 4.09. The topological polar surface area (TPSA) is 56.0 Å². The third-order valence-corrected chi connectivity index (χ3v) is 1.74. The lowest BCUT2D eigenvalue weighted by atomic mass is 10.1. The quantitative estimate of drug-likeness (QED) is 0.619. The molecule has 0 saturated heterocycles. The second-order valence-corrected chi connectivity index (χ2v) is 2.97. The minimum absolute atomic E-state index is 0.450. The SMILES string of the molecule is CC(C)c1cnc2nnnn2c1. The number of aromatic nitrogens is 5. The largest absolute Gasteiger partial charge is 0.273 e. The Labute approximate surface area is 69.4 Å². The molecule has 5 heteroatoms. The van der Waals surface area contributed by atoms with Gasteiger partial charge in [0, 0.05) is 12.4 Å². The summed E-state index contributed by atoms with van der Waals surface area (Å²) in [7, 11) is 0. The maximum absolute atomic E-state index is 4.09. The van der Waals surface area contributed by atoms with E-state index in [9.17, 15) is 0 Å². The van der Waals surface area contributed by atoms with Crippen LogP contribution in [0.4, 0.5) is 0 Å². The fourth-order valence-corrected chi connectivity index (χ4v) is 0.962. The predicted octanol–water partition coefficient (Wildman–Crippen LogP) is 0.643. The summed E-state index contributed by atoms with van der Waals surface area (Å²) in [6, 6.07) is 0. The number of nitrogens with zero attached hydrogens (tertiary/aromatic N) is 5. The minimum atomic E-state index is 0.450. The van der Waals surface area contributed by atoms with E-state index >= 15 is 0 Å². The molecule has 0 saturated carbocycles. The summed E-state index contributed by atoms with van der Waals surface area (Å²) in [5.74, 6) is 0.991. The van der Waals surface area contributed by atoms with Gasteiger partial charge in [-0.2, -0.15) is 4.52 Å². The molecule has 2 aromatic rings. The van der Waals surface area contributed by atoms with Crippen molar-refractivity contribution in [3.05, 3.63) is 18.0 Å². The molecule has 2 rings (SSSR count). The van der Waals surface area contributed by atoms with Crippen LogP contribution in [0.15, 0.2) is 12.4 Å². The van der Waals surface area contributed by atoms with Crippen molar-refractivity contribution in [2.45, 2.75) is 19.8 Å². The third kappa shape index (κ3) is 1.03. The highest BCUT2D eigenvalue weighted by molar-refractivity contribution is 5.25. The molecular formula is C7H9N5. The fraction of sp³-hybridized carbons (Fsp3) is 0.429.